The molecule has 0 fully saturated rings. The molecule has 686 valence electrons. The molecule has 0 nitrogen and oxygen atoms in total. The minimum absolute atomic E-state index is 0. The molecule has 0 heterocycles. The van der Waals surface area contributed by atoms with E-state index in [1.165, 1.54) is 273 Å². The van der Waals surface area contributed by atoms with Crippen LogP contribution in [0.4, 0.5) is 0 Å². The largest absolute Gasteiger partial charge is 0.0622 e. The van der Waals surface area contributed by atoms with Gasteiger partial charge in [0.15, 0.2) is 0 Å². The van der Waals surface area contributed by atoms with Crippen LogP contribution in [-0.2, 0) is 0 Å². The Hall–Kier alpha value is -19.0. The average Bonchev–Trinajstić information content (AvgIpc) is 0.707. The molecule has 0 aliphatic heterocycles. The van der Waals surface area contributed by atoms with Gasteiger partial charge >= 0.3 is 0 Å². The summed E-state index contributed by atoms with van der Waals surface area (Å²) < 4.78 is 0. The zero-order chi connectivity index (χ0) is 96.7. The van der Waals surface area contributed by atoms with Gasteiger partial charge in [-0.1, -0.05) is 558 Å². The highest BCUT2D eigenvalue weighted by Gasteiger charge is 2.27. The normalized spacial score (nSPS) is 11.4. The van der Waals surface area contributed by atoms with Crippen LogP contribution in [0.1, 0.15) is 4.28 Å². The highest BCUT2D eigenvalue weighted by Crippen LogP contribution is 2.55. The summed E-state index contributed by atoms with van der Waals surface area (Å²) in [5, 5.41) is 35.9. The van der Waals surface area contributed by atoms with E-state index in [4.69, 9.17) is 0 Å². The molecule has 0 aromatic heterocycles. The van der Waals surface area contributed by atoms with Crippen molar-refractivity contribution >= 4 is 151 Å². The van der Waals surface area contributed by atoms with Gasteiger partial charge in [0.25, 0.3) is 0 Å². The summed E-state index contributed by atoms with van der Waals surface area (Å²) >= 11 is 0. The van der Waals surface area contributed by atoms with Crippen molar-refractivity contribution in [2.24, 2.45) is 0 Å². The van der Waals surface area contributed by atoms with Crippen molar-refractivity contribution in [3.05, 3.63) is 582 Å². The second-order valence-corrected chi connectivity index (χ2v) is 38.0. The molecule has 0 atom stereocenters. The molecule has 29 aromatic carbocycles. The second kappa shape index (κ2) is 38.2. The number of hydrogen-bond donors (Lipinski definition) is 0. The lowest BCUT2D eigenvalue weighted by Crippen LogP contribution is -1.95. The lowest BCUT2D eigenvalue weighted by molar-refractivity contribution is 1.62. The Labute approximate surface area is 853 Å². The maximum Gasteiger partial charge on any atom is 0 e. The molecule has 146 heavy (non-hydrogen) atoms. The van der Waals surface area contributed by atoms with Crippen LogP contribution in [0.5, 0.6) is 0 Å². The van der Waals surface area contributed by atoms with Gasteiger partial charge in [0.05, 0.1) is 0 Å². The predicted molar refractivity (Wildman–Crippen MR) is 637 cm³/mol. The van der Waals surface area contributed by atoms with Crippen molar-refractivity contribution in [3.63, 3.8) is 0 Å². The standard InChI is InChI=1S/C40H26.2C36H24.C34H22.3H2/c1-3-15-27(16-4-1)37-33-23-11-13-25-35(33)39(36-26-14-12-24-34(36)37)40-32-22-10-8-20-30(32)29-19-7-9-21-31(29)38(40)28-17-5-2-6-18-28;1-2-12-26(13-3-1)35-31-17-6-8-19-33(31)36(34-20-9-7-18-32(34)35)30-16-10-15-28(24-30)29-22-21-25-11-4-5-14-27(25)23-29;1-2-13-26(14-3-1)35-31-18-8-10-20-33(31)36(34-21-11-9-19-32(34)35)30-17-7-6-16-29(30)28-23-22-25-12-4-5-15-27(25)24-28;1-2-12-23(13-3-1)33-28-18-8-10-20-30(28)34(31-21-11-9-19-29(31)33)32-22-24-14-4-5-15-25(24)26-16-6-7-17-27(26)32;;;/h1-26H;2*1-24H;1-22H;3*1H/i;;;;3*1+1. The maximum absolute atomic E-state index is 2.38. The van der Waals surface area contributed by atoms with Gasteiger partial charge in [-0.05, 0) is 297 Å². The summed E-state index contributed by atoms with van der Waals surface area (Å²) in [5.74, 6) is 0. The number of fused-ring (bicyclic) bond motifs is 16. The Morgan fingerprint density at radius 3 is 0.651 bits per heavy atom. The molecule has 0 aliphatic carbocycles. The molecule has 29 rings (SSSR count). The zero-order valence-electron chi connectivity index (χ0n) is 80.4. The highest BCUT2D eigenvalue weighted by atomic mass is 14.3. The van der Waals surface area contributed by atoms with E-state index in [1.807, 2.05) is 0 Å². The first-order valence-corrected chi connectivity index (χ1v) is 50.6. The Balaban J connectivity index is 0.000000108. The van der Waals surface area contributed by atoms with Gasteiger partial charge in [0.2, 0.25) is 0 Å². The first-order chi connectivity index (χ1) is 72.5. The third kappa shape index (κ3) is 15.7. The summed E-state index contributed by atoms with van der Waals surface area (Å²) in [7, 11) is 0. The lowest BCUT2D eigenvalue weighted by Gasteiger charge is -2.23. The molecular weight excluding hydrogens is 1750 g/mol. The van der Waals surface area contributed by atoms with Crippen LogP contribution >= 0.6 is 0 Å². The van der Waals surface area contributed by atoms with Crippen molar-refractivity contribution in [1.29, 1.82) is 0 Å². The summed E-state index contributed by atoms with van der Waals surface area (Å²) in [4.78, 5) is 0. The van der Waals surface area contributed by atoms with E-state index in [0.29, 0.717) is 0 Å². The number of rotatable bonds is 11. The lowest BCUT2D eigenvalue weighted by atomic mass is 9.80. The first kappa shape index (κ1) is 87.3. The molecule has 0 saturated carbocycles. The molecule has 0 saturated heterocycles. The van der Waals surface area contributed by atoms with Crippen LogP contribution in [0.2, 0.25) is 0 Å². The summed E-state index contributed by atoms with van der Waals surface area (Å²) in [6.07, 6.45) is 0. The predicted octanol–water partition coefficient (Wildman–Crippen LogP) is 42.0. The molecule has 29 aromatic rings. The van der Waals surface area contributed by atoms with E-state index in [-0.39, 0.29) is 4.28 Å². The number of benzene rings is 29. The SMILES string of the molecule is [2HH].[2HH].[2HH].c1ccc(-c2c3ccccc3c(-c3c(-c4ccccc4)c4ccccc4c4ccccc34)c3ccccc23)cc1.c1ccc(-c2c3ccccc3c(-c3cc4ccccc4c4ccccc34)c3ccccc23)cc1.c1ccc(-c2c3ccccc3c(-c3cccc(-c4ccc5ccccc5c4)c3)c3ccccc23)cc1.c1ccc(-c2c3ccccc3c(-c3ccccc3-c3ccc4ccccc4c3)c3ccccc23)cc1. The fourth-order valence-electron chi connectivity index (χ4n) is 23.4. The molecule has 0 aliphatic rings. The fraction of sp³-hybridized carbons (Fsp3) is 0. The molecule has 0 N–H and O–H groups in total. The van der Waals surface area contributed by atoms with Crippen molar-refractivity contribution < 1.29 is 4.28 Å². The van der Waals surface area contributed by atoms with Crippen LogP contribution in [-0.4, -0.2) is 0 Å². The molecule has 0 spiro atoms. The minimum atomic E-state index is 0. The fourth-order valence-corrected chi connectivity index (χ4v) is 23.4. The van der Waals surface area contributed by atoms with E-state index >= 15 is 0 Å². The van der Waals surface area contributed by atoms with Crippen LogP contribution in [0.15, 0.2) is 582 Å². The Bertz CT molecular complexity index is 9880. The second-order valence-electron chi connectivity index (χ2n) is 38.0. The van der Waals surface area contributed by atoms with E-state index in [2.05, 4.69) is 582 Å². The van der Waals surface area contributed by atoms with E-state index in [9.17, 15) is 0 Å². The van der Waals surface area contributed by atoms with Crippen LogP contribution in [0.3, 0.4) is 0 Å². The quantitative estimate of drug-likeness (QED) is 0.0894. The van der Waals surface area contributed by atoms with E-state index in [1.54, 1.807) is 0 Å². The molecule has 0 amide bonds. The van der Waals surface area contributed by atoms with Gasteiger partial charge in [-0.3, -0.25) is 0 Å². The smallest absolute Gasteiger partial charge is 0 e. The summed E-state index contributed by atoms with van der Waals surface area (Å²) in [5.41, 5.74) is 28.0. The van der Waals surface area contributed by atoms with Crippen LogP contribution in [0.25, 0.3) is 273 Å². The summed E-state index contributed by atoms with van der Waals surface area (Å²) in [6, 6.07) is 211. The van der Waals surface area contributed by atoms with Gasteiger partial charge in [0, 0.05) is 4.28 Å². The first-order valence-electron chi connectivity index (χ1n) is 50.6. The van der Waals surface area contributed by atoms with E-state index < -0.39 is 0 Å². The Kier molecular flexibility index (Phi) is 22.8. The highest BCUT2D eigenvalue weighted by molar-refractivity contribution is 6.32. The number of hydrogen-bond acceptors (Lipinski definition) is 0. The summed E-state index contributed by atoms with van der Waals surface area (Å²) in [6.45, 7) is 0. The molecule has 0 heteroatoms. The average molecular weight is 1860 g/mol. The third-order valence-electron chi connectivity index (χ3n) is 29.7. The van der Waals surface area contributed by atoms with Crippen LogP contribution < -0.4 is 0 Å². The molecule has 0 bridgehead atoms. The van der Waals surface area contributed by atoms with Crippen molar-refractivity contribution in [2.75, 3.05) is 0 Å². The van der Waals surface area contributed by atoms with Crippen molar-refractivity contribution in [3.8, 4) is 122 Å². The third-order valence-corrected chi connectivity index (χ3v) is 29.7. The van der Waals surface area contributed by atoms with Crippen molar-refractivity contribution in [1.82, 2.24) is 0 Å². The van der Waals surface area contributed by atoms with Gasteiger partial charge in [-0.2, -0.15) is 0 Å². The Morgan fingerprint density at radius 1 is 0.0753 bits per heavy atom. The maximum atomic E-state index is 2.38. The zero-order valence-corrected chi connectivity index (χ0v) is 80.4. The Morgan fingerprint density at radius 2 is 0.288 bits per heavy atom. The topological polar surface area (TPSA) is 0 Å². The van der Waals surface area contributed by atoms with Gasteiger partial charge in [0.1, 0.15) is 0 Å². The molecular formula is C146H102. The molecule has 0 unspecified atom stereocenters. The molecule has 0 radical (unpaired) electrons. The van der Waals surface area contributed by atoms with Crippen LogP contribution in [0, 0.1) is 0 Å². The van der Waals surface area contributed by atoms with Crippen molar-refractivity contribution in [2.45, 2.75) is 0 Å². The van der Waals surface area contributed by atoms with Gasteiger partial charge < -0.3 is 0 Å². The monoisotopic (exact) mass is 1860 g/mol. The minimum Gasteiger partial charge on any atom is -0.0622 e. The van der Waals surface area contributed by atoms with E-state index in [0.717, 1.165) is 0 Å². The van der Waals surface area contributed by atoms with Gasteiger partial charge in [-0.25, -0.2) is 0 Å². The van der Waals surface area contributed by atoms with Gasteiger partial charge in [-0.15, -0.1) is 0 Å².